The van der Waals surface area contributed by atoms with E-state index in [1.165, 1.54) is 0 Å². The quantitative estimate of drug-likeness (QED) is 0.698. The Morgan fingerprint density at radius 3 is 1.74 bits per heavy atom. The number of aliphatic carboxylic acids is 1. The van der Waals surface area contributed by atoms with E-state index in [1.807, 2.05) is 55.5 Å². The maximum atomic E-state index is 13.5. The second-order valence-corrected chi connectivity index (χ2v) is 8.03. The van der Waals surface area contributed by atoms with Gasteiger partial charge in [-0.25, -0.2) is 0 Å². The molecule has 1 N–H and O–H groups in total. The number of carboxylic acid groups (broad SMARTS) is 1. The molecule has 156 valence electrons. The van der Waals surface area contributed by atoms with Gasteiger partial charge in [0.25, 0.3) is 0 Å². The van der Waals surface area contributed by atoms with Gasteiger partial charge in [-0.1, -0.05) is 48.5 Å². The topological polar surface area (TPSA) is 78.5 Å². The molecule has 31 heavy (non-hydrogen) atoms. The maximum absolute atomic E-state index is 13.5. The average molecular weight is 412 g/mol. The summed E-state index contributed by atoms with van der Waals surface area (Å²) in [6.45, 7) is 2.46. The molecule has 0 heterocycles. The van der Waals surface area contributed by atoms with Crippen molar-refractivity contribution in [3.8, 4) is 5.75 Å². The summed E-state index contributed by atoms with van der Waals surface area (Å²) in [6, 6.07) is 22.8. The van der Waals surface area contributed by atoms with Crippen molar-refractivity contribution in [2.24, 2.45) is 11.8 Å². The number of rotatable bonds is 5. The summed E-state index contributed by atoms with van der Waals surface area (Å²) in [7, 11) is 0. The molecule has 0 fully saturated rings. The van der Waals surface area contributed by atoms with E-state index in [2.05, 4.69) is 5.32 Å². The summed E-state index contributed by atoms with van der Waals surface area (Å²) in [5.74, 6) is -3.21. The van der Waals surface area contributed by atoms with Crippen LogP contribution in [-0.2, 0) is 9.59 Å². The smallest absolute Gasteiger partial charge is 0.229 e. The first-order valence-electron chi connectivity index (χ1n) is 10.5. The molecule has 3 aliphatic rings. The number of benzene rings is 3. The highest BCUT2D eigenvalue weighted by atomic mass is 16.5. The fourth-order valence-corrected chi connectivity index (χ4v) is 5.30. The summed E-state index contributed by atoms with van der Waals surface area (Å²) < 4.78 is 5.45. The van der Waals surface area contributed by atoms with Gasteiger partial charge in [0, 0.05) is 29.4 Å². The molecule has 2 atom stereocenters. The number of anilines is 1. The highest BCUT2D eigenvalue weighted by Crippen LogP contribution is 2.58. The lowest BCUT2D eigenvalue weighted by Crippen LogP contribution is -2.52. The fourth-order valence-electron chi connectivity index (χ4n) is 5.30. The Bertz CT molecular complexity index is 1110. The van der Waals surface area contributed by atoms with E-state index in [-0.39, 0.29) is 11.8 Å². The lowest BCUT2D eigenvalue weighted by molar-refractivity contribution is -0.314. The van der Waals surface area contributed by atoms with Crippen LogP contribution >= 0.6 is 0 Å². The minimum atomic E-state index is -1.19. The van der Waals surface area contributed by atoms with Crippen molar-refractivity contribution in [1.29, 1.82) is 0 Å². The van der Waals surface area contributed by atoms with Crippen LogP contribution < -0.4 is 15.2 Å². The zero-order valence-corrected chi connectivity index (χ0v) is 17.1. The molecule has 0 aliphatic heterocycles. The van der Waals surface area contributed by atoms with Crippen molar-refractivity contribution in [3.05, 3.63) is 95.1 Å². The van der Waals surface area contributed by atoms with Gasteiger partial charge in [-0.3, -0.25) is 4.79 Å². The predicted molar refractivity (Wildman–Crippen MR) is 115 cm³/mol. The number of nitrogens with one attached hydrogen (secondary N) is 1. The van der Waals surface area contributed by atoms with Crippen LogP contribution in [0, 0.1) is 11.8 Å². The van der Waals surface area contributed by atoms with Gasteiger partial charge in [0.15, 0.2) is 0 Å². The molecule has 0 aromatic heterocycles. The molecule has 0 saturated carbocycles. The fraction of sp³-hybridized carbons (Fsp3) is 0.231. The normalized spacial score (nSPS) is 22.9. The first kappa shape index (κ1) is 19.4. The van der Waals surface area contributed by atoms with Gasteiger partial charge >= 0.3 is 0 Å². The molecule has 1 amide bonds. The van der Waals surface area contributed by atoms with Crippen LogP contribution in [0.5, 0.6) is 5.75 Å². The molecule has 5 nitrogen and oxygen atoms in total. The van der Waals surface area contributed by atoms with E-state index in [9.17, 15) is 14.7 Å². The molecule has 6 rings (SSSR count). The number of ether oxygens (including phenoxy) is 1. The summed E-state index contributed by atoms with van der Waals surface area (Å²) in [5.41, 5.74) is 4.61. The van der Waals surface area contributed by atoms with Gasteiger partial charge in [-0.2, -0.15) is 0 Å². The van der Waals surface area contributed by atoms with Gasteiger partial charge < -0.3 is 20.0 Å². The highest BCUT2D eigenvalue weighted by Gasteiger charge is 2.52. The standard InChI is InChI=1S/C26H23NO4/c1-2-31-16-13-11-15(12-14-16)27-25(28)23-21-17-7-3-5-9-19(17)22(24(23)26(29)30)20-10-6-4-8-18(20)21/h3-14,21-24H,2H2,1H3,(H,27,28)(H,29,30)/p-1/t21?,22?,23-,24+/m0/s1. The van der Waals surface area contributed by atoms with Gasteiger partial charge in [-0.05, 0) is 53.4 Å². The van der Waals surface area contributed by atoms with Crippen LogP contribution in [0.25, 0.3) is 0 Å². The SMILES string of the molecule is CCOc1ccc(NC(=O)[C@H]2C3c4ccccc4C(c4ccccc43)[C@H]2C(=O)[O-])cc1. The number of amides is 1. The number of hydrogen-bond acceptors (Lipinski definition) is 4. The van der Waals surface area contributed by atoms with Crippen molar-refractivity contribution >= 4 is 17.6 Å². The van der Waals surface area contributed by atoms with Gasteiger partial charge in [0.2, 0.25) is 5.91 Å². The highest BCUT2D eigenvalue weighted by molar-refractivity contribution is 5.97. The minimum Gasteiger partial charge on any atom is -0.550 e. The minimum absolute atomic E-state index is 0.308. The van der Waals surface area contributed by atoms with Gasteiger partial charge in [-0.15, -0.1) is 0 Å². The summed E-state index contributed by atoms with van der Waals surface area (Å²) in [5, 5.41) is 15.3. The molecular formula is C26H22NO4-. The number of carboxylic acids is 1. The predicted octanol–water partition coefficient (Wildman–Crippen LogP) is 3.30. The summed E-state index contributed by atoms with van der Waals surface area (Å²) in [4.78, 5) is 25.8. The second kappa shape index (κ2) is 7.58. The van der Waals surface area contributed by atoms with Crippen molar-refractivity contribution < 1.29 is 19.4 Å². The van der Waals surface area contributed by atoms with E-state index >= 15 is 0 Å². The maximum Gasteiger partial charge on any atom is 0.229 e. The molecule has 3 aromatic carbocycles. The van der Waals surface area contributed by atoms with Crippen LogP contribution in [0.1, 0.15) is 41.0 Å². The first-order chi connectivity index (χ1) is 15.1. The Morgan fingerprint density at radius 1 is 0.806 bits per heavy atom. The Hall–Kier alpha value is -3.60. The Morgan fingerprint density at radius 2 is 1.29 bits per heavy atom. The number of fused-ring (bicyclic) bond motifs is 1. The van der Waals surface area contributed by atoms with Gasteiger partial charge in [0.05, 0.1) is 12.5 Å². The van der Waals surface area contributed by atoms with E-state index in [4.69, 9.17) is 4.74 Å². The number of carbonyl (C=O) groups is 2. The third-order valence-corrected chi connectivity index (χ3v) is 6.45. The van der Waals surface area contributed by atoms with Crippen molar-refractivity contribution in [1.82, 2.24) is 0 Å². The molecule has 0 saturated heterocycles. The van der Waals surface area contributed by atoms with Crippen LogP contribution in [-0.4, -0.2) is 18.5 Å². The zero-order chi connectivity index (χ0) is 21.5. The van der Waals surface area contributed by atoms with Crippen molar-refractivity contribution in [2.45, 2.75) is 18.8 Å². The molecular weight excluding hydrogens is 390 g/mol. The molecule has 3 aromatic rings. The Labute approximate surface area is 180 Å². The first-order valence-corrected chi connectivity index (χ1v) is 10.5. The lowest BCUT2D eigenvalue weighted by Gasteiger charge is -2.50. The van der Waals surface area contributed by atoms with Crippen molar-refractivity contribution in [2.75, 3.05) is 11.9 Å². The third-order valence-electron chi connectivity index (χ3n) is 6.45. The summed E-state index contributed by atoms with van der Waals surface area (Å²) >= 11 is 0. The second-order valence-electron chi connectivity index (χ2n) is 8.03. The van der Waals surface area contributed by atoms with E-state index in [0.717, 1.165) is 22.3 Å². The van der Waals surface area contributed by atoms with Gasteiger partial charge in [0.1, 0.15) is 5.75 Å². The van der Waals surface area contributed by atoms with Crippen LogP contribution in [0.3, 0.4) is 0 Å². The monoisotopic (exact) mass is 412 g/mol. The molecule has 2 bridgehead atoms. The molecule has 5 heteroatoms. The Balaban J connectivity index is 1.56. The zero-order valence-electron chi connectivity index (χ0n) is 17.1. The number of carbonyl (C=O) groups excluding carboxylic acids is 2. The van der Waals surface area contributed by atoms with E-state index in [1.54, 1.807) is 24.3 Å². The molecule has 0 unspecified atom stereocenters. The summed E-state index contributed by atoms with van der Waals surface area (Å²) in [6.07, 6.45) is 0. The lowest BCUT2D eigenvalue weighted by atomic mass is 9.54. The van der Waals surface area contributed by atoms with Crippen LogP contribution in [0.2, 0.25) is 0 Å². The average Bonchev–Trinajstić information content (AvgIpc) is 2.80. The number of hydrogen-bond donors (Lipinski definition) is 1. The Kier molecular flexibility index (Phi) is 4.74. The van der Waals surface area contributed by atoms with E-state index in [0.29, 0.717) is 18.0 Å². The van der Waals surface area contributed by atoms with E-state index < -0.39 is 23.7 Å². The van der Waals surface area contributed by atoms with Crippen LogP contribution in [0.15, 0.2) is 72.8 Å². The third kappa shape index (κ3) is 3.08. The molecule has 0 radical (unpaired) electrons. The van der Waals surface area contributed by atoms with Crippen LogP contribution in [0.4, 0.5) is 5.69 Å². The molecule has 0 spiro atoms. The van der Waals surface area contributed by atoms with Crippen molar-refractivity contribution in [3.63, 3.8) is 0 Å². The largest absolute Gasteiger partial charge is 0.550 e. The molecule has 3 aliphatic carbocycles.